The van der Waals surface area contributed by atoms with Crippen LogP contribution in [0.1, 0.15) is 11.3 Å². The van der Waals surface area contributed by atoms with Gasteiger partial charge in [-0.25, -0.2) is 4.98 Å². The number of furan rings is 1. The summed E-state index contributed by atoms with van der Waals surface area (Å²) >= 11 is 0. The molecule has 3 aromatic rings. The van der Waals surface area contributed by atoms with Crippen molar-refractivity contribution in [3.05, 3.63) is 72.1 Å². The van der Waals surface area contributed by atoms with Crippen molar-refractivity contribution < 1.29 is 9.21 Å². The van der Waals surface area contributed by atoms with E-state index in [2.05, 4.69) is 22.0 Å². The first kappa shape index (κ1) is 16.5. The largest absolute Gasteiger partial charge is 0.463 e. The van der Waals surface area contributed by atoms with Gasteiger partial charge in [0.2, 0.25) is 0 Å². The summed E-state index contributed by atoms with van der Waals surface area (Å²) in [7, 11) is 0. The van der Waals surface area contributed by atoms with Crippen LogP contribution in [0.5, 0.6) is 0 Å². The van der Waals surface area contributed by atoms with Gasteiger partial charge in [0.25, 0.3) is 0 Å². The second-order valence-corrected chi connectivity index (χ2v) is 6.73. The zero-order valence-corrected chi connectivity index (χ0v) is 14.5. The fraction of sp³-hybridized carbons (Fsp3) is 0.238. The number of carbonyl (C=O) groups excluding carboxylic acids is 1. The van der Waals surface area contributed by atoms with Gasteiger partial charge in [0.1, 0.15) is 11.5 Å². The summed E-state index contributed by atoms with van der Waals surface area (Å²) in [5.41, 5.74) is 9.18. The first-order valence-corrected chi connectivity index (χ1v) is 8.77. The van der Waals surface area contributed by atoms with Crippen LogP contribution in [0.4, 0.5) is 5.69 Å². The highest BCUT2D eigenvalue weighted by atomic mass is 16.3. The SMILES string of the molecule is Nc1ccc(-c2ccco2)nc1CC(=O)C1CN(Cc2ccccc2)C1. The van der Waals surface area contributed by atoms with Gasteiger partial charge in [-0.15, -0.1) is 0 Å². The molecule has 26 heavy (non-hydrogen) atoms. The van der Waals surface area contributed by atoms with Crippen molar-refractivity contribution in [3.63, 3.8) is 0 Å². The van der Waals surface area contributed by atoms with Gasteiger partial charge in [-0.1, -0.05) is 30.3 Å². The molecule has 0 amide bonds. The minimum absolute atomic E-state index is 0.0622. The predicted molar refractivity (Wildman–Crippen MR) is 100 cm³/mol. The summed E-state index contributed by atoms with van der Waals surface area (Å²) in [5, 5.41) is 0. The lowest BCUT2D eigenvalue weighted by atomic mass is 9.91. The highest BCUT2D eigenvalue weighted by molar-refractivity contribution is 5.85. The number of nitrogens with two attached hydrogens (primary N) is 1. The molecule has 1 aliphatic heterocycles. The topological polar surface area (TPSA) is 72.4 Å². The Balaban J connectivity index is 1.36. The highest BCUT2D eigenvalue weighted by Gasteiger charge is 2.32. The summed E-state index contributed by atoms with van der Waals surface area (Å²) < 4.78 is 5.37. The van der Waals surface area contributed by atoms with Gasteiger partial charge in [0, 0.05) is 25.6 Å². The lowest BCUT2D eigenvalue weighted by Crippen LogP contribution is -2.50. The average Bonchev–Trinajstić information content (AvgIpc) is 3.15. The number of anilines is 1. The van der Waals surface area contributed by atoms with Crippen molar-refractivity contribution >= 4 is 11.5 Å². The molecule has 1 aromatic carbocycles. The van der Waals surface area contributed by atoms with E-state index in [0.29, 0.717) is 22.8 Å². The molecule has 5 nitrogen and oxygen atoms in total. The Morgan fingerprint density at radius 2 is 1.92 bits per heavy atom. The third kappa shape index (κ3) is 3.53. The average molecular weight is 347 g/mol. The van der Waals surface area contributed by atoms with Gasteiger partial charge in [-0.2, -0.15) is 0 Å². The number of Topliss-reactive ketones (excluding diaryl/α,β-unsaturated/α-hetero) is 1. The highest BCUT2D eigenvalue weighted by Crippen LogP contribution is 2.24. The molecule has 0 spiro atoms. The predicted octanol–water partition coefficient (Wildman–Crippen LogP) is 3.17. The molecular formula is C21H21N3O2. The fourth-order valence-electron chi connectivity index (χ4n) is 3.27. The van der Waals surface area contributed by atoms with Crippen LogP contribution in [0.3, 0.4) is 0 Å². The van der Waals surface area contributed by atoms with Gasteiger partial charge in [-0.3, -0.25) is 9.69 Å². The van der Waals surface area contributed by atoms with Crippen molar-refractivity contribution in [2.45, 2.75) is 13.0 Å². The molecule has 2 N–H and O–H groups in total. The summed E-state index contributed by atoms with van der Waals surface area (Å²) in [6.07, 6.45) is 1.87. The number of nitrogens with zero attached hydrogens (tertiary/aromatic N) is 2. The monoisotopic (exact) mass is 347 g/mol. The van der Waals surface area contributed by atoms with Crippen molar-refractivity contribution in [2.75, 3.05) is 18.8 Å². The number of likely N-dealkylation sites (tertiary alicyclic amines) is 1. The quantitative estimate of drug-likeness (QED) is 0.741. The van der Waals surface area contributed by atoms with Crippen LogP contribution in [0.25, 0.3) is 11.5 Å². The van der Waals surface area contributed by atoms with E-state index in [1.165, 1.54) is 5.56 Å². The Morgan fingerprint density at radius 1 is 1.12 bits per heavy atom. The summed E-state index contributed by atoms with van der Waals surface area (Å²) in [6, 6.07) is 17.6. The number of pyridine rings is 1. The maximum atomic E-state index is 12.6. The number of aromatic nitrogens is 1. The summed E-state index contributed by atoms with van der Waals surface area (Å²) in [6.45, 7) is 2.48. The zero-order valence-electron chi connectivity index (χ0n) is 14.5. The Kier molecular flexibility index (Phi) is 4.54. The van der Waals surface area contributed by atoms with E-state index in [4.69, 9.17) is 10.2 Å². The zero-order chi connectivity index (χ0) is 17.9. The van der Waals surface area contributed by atoms with E-state index >= 15 is 0 Å². The maximum absolute atomic E-state index is 12.6. The van der Waals surface area contributed by atoms with Crippen molar-refractivity contribution in [1.29, 1.82) is 0 Å². The number of hydrogen-bond donors (Lipinski definition) is 1. The second-order valence-electron chi connectivity index (χ2n) is 6.73. The minimum Gasteiger partial charge on any atom is -0.463 e. The smallest absolute Gasteiger partial charge is 0.152 e. The van der Waals surface area contributed by atoms with Crippen LogP contribution in [-0.4, -0.2) is 28.8 Å². The molecule has 1 fully saturated rings. The van der Waals surface area contributed by atoms with Gasteiger partial charge < -0.3 is 10.2 Å². The van der Waals surface area contributed by atoms with Crippen LogP contribution in [0.15, 0.2) is 65.3 Å². The van der Waals surface area contributed by atoms with E-state index in [0.717, 1.165) is 19.6 Å². The Bertz CT molecular complexity index is 885. The molecule has 0 bridgehead atoms. The van der Waals surface area contributed by atoms with Gasteiger partial charge in [-0.05, 0) is 29.8 Å². The summed E-state index contributed by atoms with van der Waals surface area (Å²) in [4.78, 5) is 19.4. The van der Waals surface area contributed by atoms with Crippen molar-refractivity contribution in [3.8, 4) is 11.5 Å². The molecule has 4 rings (SSSR count). The lowest BCUT2D eigenvalue weighted by Gasteiger charge is -2.38. The van der Waals surface area contributed by atoms with E-state index in [9.17, 15) is 4.79 Å². The third-order valence-corrected chi connectivity index (χ3v) is 4.79. The van der Waals surface area contributed by atoms with Gasteiger partial charge in [0.05, 0.1) is 24.1 Å². The molecule has 5 heteroatoms. The minimum atomic E-state index is 0.0622. The van der Waals surface area contributed by atoms with E-state index in [1.807, 2.05) is 36.4 Å². The molecule has 3 heterocycles. The second kappa shape index (κ2) is 7.14. The van der Waals surface area contributed by atoms with Crippen molar-refractivity contribution in [2.24, 2.45) is 5.92 Å². The number of rotatable bonds is 6. The molecule has 0 unspecified atom stereocenters. The Labute approximate surface area is 152 Å². The third-order valence-electron chi connectivity index (χ3n) is 4.79. The maximum Gasteiger partial charge on any atom is 0.152 e. The molecule has 0 aliphatic carbocycles. The van der Waals surface area contributed by atoms with Crippen LogP contribution >= 0.6 is 0 Å². The van der Waals surface area contributed by atoms with Crippen LogP contribution in [-0.2, 0) is 17.8 Å². The van der Waals surface area contributed by atoms with E-state index < -0.39 is 0 Å². The van der Waals surface area contributed by atoms with E-state index in [-0.39, 0.29) is 18.1 Å². The first-order valence-electron chi connectivity index (χ1n) is 8.77. The Morgan fingerprint density at radius 3 is 2.65 bits per heavy atom. The first-order chi connectivity index (χ1) is 12.7. The molecule has 132 valence electrons. The van der Waals surface area contributed by atoms with Crippen LogP contribution in [0.2, 0.25) is 0 Å². The molecular weight excluding hydrogens is 326 g/mol. The molecule has 1 saturated heterocycles. The molecule has 0 saturated carbocycles. The lowest BCUT2D eigenvalue weighted by molar-refractivity contribution is -0.127. The number of benzene rings is 1. The molecule has 1 aliphatic rings. The van der Waals surface area contributed by atoms with E-state index in [1.54, 1.807) is 12.3 Å². The van der Waals surface area contributed by atoms with Crippen LogP contribution in [0, 0.1) is 5.92 Å². The molecule has 0 atom stereocenters. The molecule has 2 aromatic heterocycles. The molecule has 0 radical (unpaired) electrons. The standard InChI is InChI=1S/C21H21N3O2/c22-17-8-9-18(21-7-4-10-26-21)23-19(17)11-20(25)16-13-24(14-16)12-15-5-2-1-3-6-15/h1-10,16H,11-14,22H2. The normalized spacial score (nSPS) is 14.9. The number of hydrogen-bond acceptors (Lipinski definition) is 5. The number of ketones is 1. The fourth-order valence-corrected chi connectivity index (χ4v) is 3.27. The van der Waals surface area contributed by atoms with Gasteiger partial charge >= 0.3 is 0 Å². The van der Waals surface area contributed by atoms with Crippen molar-refractivity contribution in [1.82, 2.24) is 9.88 Å². The van der Waals surface area contributed by atoms with Gasteiger partial charge in [0.15, 0.2) is 5.76 Å². The summed E-state index contributed by atoms with van der Waals surface area (Å²) in [5.74, 6) is 0.939. The number of nitrogen functional groups attached to an aromatic ring is 1. The van der Waals surface area contributed by atoms with Crippen LogP contribution < -0.4 is 5.73 Å². The number of carbonyl (C=O) groups is 1. The Hall–Kier alpha value is -2.92.